The highest BCUT2D eigenvalue weighted by Gasteiger charge is 2.35. The highest BCUT2D eigenvalue weighted by atomic mass is 32.2. The Bertz CT molecular complexity index is 540. The quantitative estimate of drug-likeness (QED) is 0.760. The van der Waals surface area contributed by atoms with Crippen LogP contribution in [0.3, 0.4) is 0 Å². The van der Waals surface area contributed by atoms with E-state index in [9.17, 15) is 14.0 Å². The van der Waals surface area contributed by atoms with Crippen LogP contribution in [-0.2, 0) is 4.79 Å². The number of rotatable bonds is 5. The molecule has 1 aromatic rings. The fourth-order valence-electron chi connectivity index (χ4n) is 2.27. The molecule has 0 radical (unpaired) electrons. The summed E-state index contributed by atoms with van der Waals surface area (Å²) in [5.74, 6) is -0.250. The van der Waals surface area contributed by atoms with E-state index in [0.717, 1.165) is 4.90 Å². The molecule has 1 aliphatic rings. The standard InChI is InChI=1S/C14H17FN2O4S/c15-10-3-1-9(2-4-10)11(5-7-18)16-12(19)13-17(14(20)21)6-8-22-13/h1-4,11,13,18H,5-8H2,(H,16,19)(H,20,21). The lowest BCUT2D eigenvalue weighted by Gasteiger charge is -2.24. The number of amides is 2. The number of thioether (sulfide) groups is 1. The van der Waals surface area contributed by atoms with Gasteiger partial charge in [-0.2, -0.15) is 0 Å². The average Bonchev–Trinajstić information content (AvgIpc) is 2.97. The van der Waals surface area contributed by atoms with Crippen LogP contribution in [-0.4, -0.2) is 51.4 Å². The Balaban J connectivity index is 2.08. The third-order valence-electron chi connectivity index (χ3n) is 3.37. The normalized spacial score (nSPS) is 19.0. The number of hydrogen-bond donors (Lipinski definition) is 3. The van der Waals surface area contributed by atoms with Crippen LogP contribution in [0.4, 0.5) is 9.18 Å². The summed E-state index contributed by atoms with van der Waals surface area (Å²) in [5, 5.41) is 20.1. The molecule has 0 saturated carbocycles. The summed E-state index contributed by atoms with van der Waals surface area (Å²) in [5.41, 5.74) is 0.661. The van der Waals surface area contributed by atoms with Crippen LogP contribution in [0.5, 0.6) is 0 Å². The Hall–Kier alpha value is -1.80. The molecular formula is C14H17FN2O4S. The van der Waals surface area contributed by atoms with E-state index in [1.807, 2.05) is 0 Å². The molecule has 120 valence electrons. The number of hydrogen-bond acceptors (Lipinski definition) is 4. The zero-order valence-corrected chi connectivity index (χ0v) is 12.6. The van der Waals surface area contributed by atoms with E-state index >= 15 is 0 Å². The molecule has 2 atom stereocenters. The van der Waals surface area contributed by atoms with Crippen molar-refractivity contribution in [3.63, 3.8) is 0 Å². The number of nitrogens with one attached hydrogen (secondary N) is 1. The number of carbonyl (C=O) groups is 2. The molecule has 3 N–H and O–H groups in total. The number of carbonyl (C=O) groups excluding carboxylic acids is 1. The molecule has 2 amide bonds. The molecule has 1 saturated heterocycles. The molecule has 0 bridgehead atoms. The molecule has 6 nitrogen and oxygen atoms in total. The largest absolute Gasteiger partial charge is 0.465 e. The van der Waals surface area contributed by atoms with Gasteiger partial charge >= 0.3 is 6.09 Å². The first-order valence-electron chi connectivity index (χ1n) is 6.81. The molecule has 22 heavy (non-hydrogen) atoms. The van der Waals surface area contributed by atoms with E-state index in [1.165, 1.54) is 36.0 Å². The summed E-state index contributed by atoms with van der Waals surface area (Å²) in [6.07, 6.45) is -0.868. The summed E-state index contributed by atoms with van der Waals surface area (Å²) in [6.45, 7) is 0.155. The topological polar surface area (TPSA) is 89.9 Å². The number of aliphatic hydroxyl groups is 1. The van der Waals surface area contributed by atoms with Gasteiger partial charge in [-0.25, -0.2) is 9.18 Å². The van der Waals surface area contributed by atoms with Crippen molar-refractivity contribution < 1.29 is 24.2 Å². The number of benzene rings is 1. The Labute approximate surface area is 131 Å². The Morgan fingerprint density at radius 3 is 2.68 bits per heavy atom. The minimum Gasteiger partial charge on any atom is -0.465 e. The van der Waals surface area contributed by atoms with Crippen molar-refractivity contribution in [1.82, 2.24) is 10.2 Å². The zero-order chi connectivity index (χ0) is 16.1. The summed E-state index contributed by atoms with van der Waals surface area (Å²) in [6, 6.07) is 5.13. The second-order valence-electron chi connectivity index (χ2n) is 4.82. The summed E-state index contributed by atoms with van der Waals surface area (Å²) < 4.78 is 13.0. The summed E-state index contributed by atoms with van der Waals surface area (Å²) >= 11 is 1.26. The van der Waals surface area contributed by atoms with Gasteiger partial charge in [0.05, 0.1) is 6.04 Å². The number of aliphatic hydroxyl groups excluding tert-OH is 1. The molecule has 0 aliphatic carbocycles. The van der Waals surface area contributed by atoms with E-state index in [4.69, 9.17) is 10.2 Å². The second-order valence-corrected chi connectivity index (χ2v) is 6.01. The van der Waals surface area contributed by atoms with Gasteiger partial charge < -0.3 is 15.5 Å². The van der Waals surface area contributed by atoms with E-state index in [0.29, 0.717) is 17.9 Å². The van der Waals surface area contributed by atoms with Gasteiger partial charge in [-0.3, -0.25) is 9.69 Å². The third-order valence-corrected chi connectivity index (χ3v) is 4.57. The van der Waals surface area contributed by atoms with Gasteiger partial charge in [-0.15, -0.1) is 11.8 Å². The van der Waals surface area contributed by atoms with E-state index in [2.05, 4.69) is 5.32 Å². The maximum atomic E-state index is 13.0. The average molecular weight is 328 g/mol. The Morgan fingerprint density at radius 2 is 2.09 bits per heavy atom. The van der Waals surface area contributed by atoms with Gasteiger partial charge in [0.1, 0.15) is 5.82 Å². The highest BCUT2D eigenvalue weighted by Crippen LogP contribution is 2.25. The Kier molecular flexibility index (Phi) is 5.62. The lowest BCUT2D eigenvalue weighted by atomic mass is 10.0. The summed E-state index contributed by atoms with van der Waals surface area (Å²) in [7, 11) is 0. The van der Waals surface area contributed by atoms with Crippen LogP contribution < -0.4 is 5.32 Å². The van der Waals surface area contributed by atoms with Crippen molar-refractivity contribution in [3.05, 3.63) is 35.6 Å². The van der Waals surface area contributed by atoms with Crippen molar-refractivity contribution in [1.29, 1.82) is 0 Å². The SMILES string of the molecule is O=C(NC(CCO)c1ccc(F)cc1)C1SCCN1C(=O)O. The third kappa shape index (κ3) is 3.89. The minimum atomic E-state index is -1.13. The van der Waals surface area contributed by atoms with E-state index < -0.39 is 23.4 Å². The Morgan fingerprint density at radius 1 is 1.41 bits per heavy atom. The van der Waals surface area contributed by atoms with Crippen molar-refractivity contribution in [2.75, 3.05) is 18.9 Å². The molecule has 1 heterocycles. The van der Waals surface area contributed by atoms with Crippen LogP contribution in [0.25, 0.3) is 0 Å². The van der Waals surface area contributed by atoms with Crippen molar-refractivity contribution >= 4 is 23.8 Å². The first kappa shape index (κ1) is 16.6. The van der Waals surface area contributed by atoms with Gasteiger partial charge in [0.15, 0.2) is 5.37 Å². The molecule has 2 rings (SSSR count). The first-order valence-corrected chi connectivity index (χ1v) is 7.85. The van der Waals surface area contributed by atoms with Gasteiger partial charge in [-0.1, -0.05) is 12.1 Å². The molecule has 1 fully saturated rings. The molecule has 2 unspecified atom stereocenters. The van der Waals surface area contributed by atoms with Gasteiger partial charge in [-0.05, 0) is 24.1 Å². The van der Waals surface area contributed by atoms with Gasteiger partial charge in [0.25, 0.3) is 5.91 Å². The molecule has 0 aromatic heterocycles. The van der Waals surface area contributed by atoms with E-state index in [-0.39, 0.29) is 18.8 Å². The second kappa shape index (κ2) is 7.46. The summed E-state index contributed by atoms with van der Waals surface area (Å²) in [4.78, 5) is 24.5. The maximum absolute atomic E-state index is 13.0. The highest BCUT2D eigenvalue weighted by molar-refractivity contribution is 8.00. The van der Waals surface area contributed by atoms with Crippen LogP contribution >= 0.6 is 11.8 Å². The minimum absolute atomic E-state index is 0.150. The maximum Gasteiger partial charge on any atom is 0.408 e. The van der Waals surface area contributed by atoms with Crippen molar-refractivity contribution in [2.45, 2.75) is 17.8 Å². The van der Waals surface area contributed by atoms with Crippen LogP contribution in [0.2, 0.25) is 0 Å². The molecule has 8 heteroatoms. The lowest BCUT2D eigenvalue weighted by Crippen LogP contribution is -2.45. The predicted molar refractivity (Wildman–Crippen MR) is 80.0 cm³/mol. The smallest absolute Gasteiger partial charge is 0.408 e. The number of nitrogens with zero attached hydrogens (tertiary/aromatic N) is 1. The molecule has 1 aromatic carbocycles. The van der Waals surface area contributed by atoms with Crippen molar-refractivity contribution in [2.24, 2.45) is 0 Å². The van der Waals surface area contributed by atoms with Gasteiger partial charge in [0, 0.05) is 18.9 Å². The van der Waals surface area contributed by atoms with Crippen LogP contribution in [0, 0.1) is 5.82 Å². The van der Waals surface area contributed by atoms with Crippen LogP contribution in [0.15, 0.2) is 24.3 Å². The molecular weight excluding hydrogens is 311 g/mol. The van der Waals surface area contributed by atoms with E-state index in [1.54, 1.807) is 0 Å². The fraction of sp³-hybridized carbons (Fsp3) is 0.429. The molecule has 0 spiro atoms. The molecule has 1 aliphatic heterocycles. The lowest BCUT2D eigenvalue weighted by molar-refractivity contribution is -0.123. The first-order chi connectivity index (χ1) is 10.5. The fourth-order valence-corrected chi connectivity index (χ4v) is 3.39. The number of halogens is 1. The monoisotopic (exact) mass is 328 g/mol. The predicted octanol–water partition coefficient (Wildman–Crippen LogP) is 1.42. The number of carboxylic acid groups (broad SMARTS) is 1. The zero-order valence-electron chi connectivity index (χ0n) is 11.7. The van der Waals surface area contributed by atoms with Gasteiger partial charge in [0.2, 0.25) is 0 Å². The van der Waals surface area contributed by atoms with Crippen molar-refractivity contribution in [3.8, 4) is 0 Å². The van der Waals surface area contributed by atoms with Crippen LogP contribution in [0.1, 0.15) is 18.0 Å².